The molecule has 6 nitrogen and oxygen atoms in total. The number of anilines is 2. The Labute approximate surface area is 139 Å². The molecule has 0 aromatic heterocycles. The van der Waals surface area contributed by atoms with Crippen LogP contribution in [0.1, 0.15) is 24.2 Å². The van der Waals surface area contributed by atoms with E-state index >= 15 is 0 Å². The molecule has 1 unspecified atom stereocenters. The molecular formula is C18H18N2O4. The van der Waals surface area contributed by atoms with Crippen LogP contribution >= 0.6 is 0 Å². The summed E-state index contributed by atoms with van der Waals surface area (Å²) in [6.45, 7) is 4.05. The lowest BCUT2D eigenvalue weighted by Gasteiger charge is -2.23. The molecular weight excluding hydrogens is 308 g/mol. The number of rotatable bonds is 4. The van der Waals surface area contributed by atoms with Crippen LogP contribution in [0.15, 0.2) is 42.5 Å². The summed E-state index contributed by atoms with van der Waals surface area (Å²) in [5, 5.41) is 5.57. The van der Waals surface area contributed by atoms with E-state index in [0.29, 0.717) is 35.0 Å². The first-order valence-corrected chi connectivity index (χ1v) is 7.73. The van der Waals surface area contributed by atoms with Crippen molar-refractivity contribution < 1.29 is 19.1 Å². The molecule has 0 radical (unpaired) electrons. The van der Waals surface area contributed by atoms with Gasteiger partial charge in [0, 0.05) is 5.56 Å². The average Bonchev–Trinajstić information content (AvgIpc) is 2.57. The largest absolute Gasteiger partial charge is 0.492 e. The minimum atomic E-state index is -0.588. The van der Waals surface area contributed by atoms with E-state index in [9.17, 15) is 9.59 Å². The monoisotopic (exact) mass is 326 g/mol. The summed E-state index contributed by atoms with van der Waals surface area (Å²) in [6, 6.07) is 12.2. The van der Waals surface area contributed by atoms with Crippen molar-refractivity contribution in [1.82, 2.24) is 0 Å². The van der Waals surface area contributed by atoms with Gasteiger partial charge in [-0.2, -0.15) is 0 Å². The van der Waals surface area contributed by atoms with Gasteiger partial charge in [0.2, 0.25) is 0 Å². The maximum absolute atomic E-state index is 12.5. The molecule has 1 atom stereocenters. The summed E-state index contributed by atoms with van der Waals surface area (Å²) in [7, 11) is 0. The number of para-hydroxylation sites is 2. The third-order valence-electron chi connectivity index (χ3n) is 3.61. The van der Waals surface area contributed by atoms with Crippen LogP contribution in [0.5, 0.6) is 11.5 Å². The van der Waals surface area contributed by atoms with E-state index in [2.05, 4.69) is 10.6 Å². The van der Waals surface area contributed by atoms with Gasteiger partial charge in [-0.05, 0) is 44.2 Å². The quantitative estimate of drug-likeness (QED) is 0.905. The van der Waals surface area contributed by atoms with Crippen molar-refractivity contribution in [2.75, 3.05) is 17.2 Å². The highest BCUT2D eigenvalue weighted by atomic mass is 16.5. The molecule has 2 aromatic carbocycles. The van der Waals surface area contributed by atoms with Gasteiger partial charge in [0.1, 0.15) is 11.5 Å². The van der Waals surface area contributed by atoms with Gasteiger partial charge in [0.25, 0.3) is 11.8 Å². The Morgan fingerprint density at radius 1 is 1.29 bits per heavy atom. The zero-order chi connectivity index (χ0) is 17.1. The van der Waals surface area contributed by atoms with Crippen LogP contribution in [0.25, 0.3) is 0 Å². The van der Waals surface area contributed by atoms with Crippen molar-refractivity contribution in [2.24, 2.45) is 0 Å². The fraction of sp³-hybridized carbons (Fsp3) is 0.222. The molecule has 1 heterocycles. The smallest absolute Gasteiger partial charge is 0.265 e. The second kappa shape index (κ2) is 6.62. The molecule has 1 aliphatic heterocycles. The molecule has 0 saturated carbocycles. The standard InChI is InChI=1S/C18H18N2O4/c1-3-23-15-7-5-4-6-13(15)20-18(22)12-8-9-14-16(10-12)24-11(2)17(21)19-14/h4-11H,3H2,1-2H3,(H,19,21)(H,20,22). The van der Waals surface area contributed by atoms with Gasteiger partial charge in [0.15, 0.2) is 6.10 Å². The van der Waals surface area contributed by atoms with Crippen molar-refractivity contribution in [3.63, 3.8) is 0 Å². The van der Waals surface area contributed by atoms with Crippen LogP contribution in [0.2, 0.25) is 0 Å². The first-order valence-electron chi connectivity index (χ1n) is 7.73. The van der Waals surface area contributed by atoms with Gasteiger partial charge >= 0.3 is 0 Å². The lowest BCUT2D eigenvalue weighted by atomic mass is 10.1. The molecule has 24 heavy (non-hydrogen) atoms. The number of benzene rings is 2. The number of amides is 2. The number of fused-ring (bicyclic) bond motifs is 1. The molecule has 1 aliphatic rings. The van der Waals surface area contributed by atoms with Gasteiger partial charge in [-0.25, -0.2) is 0 Å². The zero-order valence-electron chi connectivity index (χ0n) is 13.5. The summed E-state index contributed by atoms with van der Waals surface area (Å²) >= 11 is 0. The summed E-state index contributed by atoms with van der Waals surface area (Å²) in [6.07, 6.45) is -0.588. The van der Waals surface area contributed by atoms with E-state index < -0.39 is 6.10 Å². The highest BCUT2D eigenvalue weighted by molar-refractivity contribution is 6.06. The number of carbonyl (C=O) groups is 2. The van der Waals surface area contributed by atoms with Crippen LogP contribution in [0.3, 0.4) is 0 Å². The lowest BCUT2D eigenvalue weighted by Crippen LogP contribution is -2.34. The van der Waals surface area contributed by atoms with Gasteiger partial charge in [0.05, 0.1) is 18.0 Å². The van der Waals surface area contributed by atoms with Crippen molar-refractivity contribution in [2.45, 2.75) is 20.0 Å². The average molecular weight is 326 g/mol. The Morgan fingerprint density at radius 3 is 2.88 bits per heavy atom. The van der Waals surface area contributed by atoms with Gasteiger partial charge in [-0.15, -0.1) is 0 Å². The molecule has 0 fully saturated rings. The van der Waals surface area contributed by atoms with Crippen molar-refractivity contribution >= 4 is 23.2 Å². The minimum absolute atomic E-state index is 0.203. The molecule has 2 N–H and O–H groups in total. The first kappa shape index (κ1) is 15.9. The topological polar surface area (TPSA) is 76.7 Å². The van der Waals surface area contributed by atoms with Crippen LogP contribution in [-0.2, 0) is 4.79 Å². The highest BCUT2D eigenvalue weighted by Gasteiger charge is 2.24. The summed E-state index contributed by atoms with van der Waals surface area (Å²) in [5.74, 6) is 0.611. The highest BCUT2D eigenvalue weighted by Crippen LogP contribution is 2.31. The summed E-state index contributed by atoms with van der Waals surface area (Å²) in [5.41, 5.74) is 1.59. The van der Waals surface area contributed by atoms with Crippen molar-refractivity contribution in [1.29, 1.82) is 0 Å². The second-order valence-electron chi connectivity index (χ2n) is 5.34. The number of nitrogens with one attached hydrogen (secondary N) is 2. The SMILES string of the molecule is CCOc1ccccc1NC(=O)c1ccc2c(c1)OC(C)C(=O)N2. The molecule has 2 amide bonds. The lowest BCUT2D eigenvalue weighted by molar-refractivity contribution is -0.122. The minimum Gasteiger partial charge on any atom is -0.492 e. The second-order valence-corrected chi connectivity index (χ2v) is 5.34. The fourth-order valence-electron chi connectivity index (χ4n) is 2.39. The predicted molar refractivity (Wildman–Crippen MR) is 90.7 cm³/mol. The first-order chi connectivity index (χ1) is 11.6. The van der Waals surface area contributed by atoms with E-state index in [-0.39, 0.29) is 11.8 Å². The third kappa shape index (κ3) is 3.17. The molecule has 3 rings (SSSR count). The fourth-order valence-corrected chi connectivity index (χ4v) is 2.39. The van der Waals surface area contributed by atoms with Gasteiger partial charge in [-0.1, -0.05) is 12.1 Å². The van der Waals surface area contributed by atoms with Crippen molar-refractivity contribution in [3.8, 4) is 11.5 Å². The molecule has 124 valence electrons. The Morgan fingerprint density at radius 2 is 2.08 bits per heavy atom. The number of hydrogen-bond donors (Lipinski definition) is 2. The Bertz CT molecular complexity index is 788. The molecule has 0 aliphatic carbocycles. The van der Waals surface area contributed by atoms with E-state index in [1.165, 1.54) is 0 Å². The molecule has 6 heteroatoms. The van der Waals surface area contributed by atoms with E-state index in [4.69, 9.17) is 9.47 Å². The van der Waals surface area contributed by atoms with Crippen molar-refractivity contribution in [3.05, 3.63) is 48.0 Å². The van der Waals surface area contributed by atoms with Crippen LogP contribution < -0.4 is 20.1 Å². The van der Waals surface area contributed by atoms with Crippen LogP contribution in [0, 0.1) is 0 Å². The number of carbonyl (C=O) groups excluding carboxylic acids is 2. The van der Waals surface area contributed by atoms with Gasteiger partial charge < -0.3 is 20.1 Å². The van der Waals surface area contributed by atoms with E-state index in [1.54, 1.807) is 37.3 Å². The zero-order valence-corrected chi connectivity index (χ0v) is 13.5. The maximum atomic E-state index is 12.5. The summed E-state index contributed by atoms with van der Waals surface area (Å²) in [4.78, 5) is 24.1. The Hall–Kier alpha value is -3.02. The molecule has 2 aromatic rings. The number of hydrogen-bond acceptors (Lipinski definition) is 4. The summed E-state index contributed by atoms with van der Waals surface area (Å²) < 4.78 is 11.0. The maximum Gasteiger partial charge on any atom is 0.265 e. The molecule has 0 saturated heterocycles. The Kier molecular flexibility index (Phi) is 4.37. The Balaban J connectivity index is 1.82. The molecule has 0 spiro atoms. The van der Waals surface area contributed by atoms with Crippen LogP contribution in [-0.4, -0.2) is 24.5 Å². The normalized spacial score (nSPS) is 15.8. The van der Waals surface area contributed by atoms with Crippen LogP contribution in [0.4, 0.5) is 11.4 Å². The van der Waals surface area contributed by atoms with E-state index in [1.807, 2.05) is 19.1 Å². The van der Waals surface area contributed by atoms with Gasteiger partial charge in [-0.3, -0.25) is 9.59 Å². The third-order valence-corrected chi connectivity index (χ3v) is 3.61. The predicted octanol–water partition coefficient (Wildman–Crippen LogP) is 3.06. The number of ether oxygens (including phenoxy) is 2. The molecule has 0 bridgehead atoms. The van der Waals surface area contributed by atoms with E-state index in [0.717, 1.165) is 0 Å².